The molecule has 0 aliphatic carbocycles. The minimum atomic E-state index is -1.09. The van der Waals surface area contributed by atoms with Crippen LogP contribution in [0.1, 0.15) is 18.9 Å². The number of nitrogens with one attached hydrogen (secondary N) is 2. The highest BCUT2D eigenvalue weighted by Crippen LogP contribution is 2.03. The van der Waals surface area contributed by atoms with E-state index >= 15 is 0 Å². The van der Waals surface area contributed by atoms with Crippen LogP contribution in [-0.2, 0) is 11.2 Å². The maximum absolute atomic E-state index is 11.7. The number of hydrogen-bond donors (Lipinski definition) is 3. The molecule has 1 rings (SSSR count). The highest BCUT2D eigenvalue weighted by molar-refractivity contribution is 5.83. The van der Waals surface area contributed by atoms with Crippen molar-refractivity contribution < 1.29 is 14.7 Å². The predicted molar refractivity (Wildman–Crippen MR) is 76.1 cm³/mol. The first-order valence-corrected chi connectivity index (χ1v) is 6.36. The normalized spacial score (nSPS) is 12.8. The third-order valence-corrected chi connectivity index (χ3v) is 2.80. The molecule has 5 heteroatoms. The number of terminal acetylenes is 1. The molecule has 0 saturated carbocycles. The monoisotopic (exact) mass is 274 g/mol. The van der Waals surface area contributed by atoms with Crippen LogP contribution in [-0.4, -0.2) is 29.2 Å². The second kappa shape index (κ2) is 7.85. The summed E-state index contributed by atoms with van der Waals surface area (Å²) >= 11 is 0. The predicted octanol–water partition coefficient (Wildman–Crippen LogP) is 1.39. The summed E-state index contributed by atoms with van der Waals surface area (Å²) in [4.78, 5) is 22.9. The number of carbonyl (C=O) groups excluding carboxylic acids is 1. The largest absolute Gasteiger partial charge is 0.480 e. The fraction of sp³-hybridized carbons (Fsp3) is 0.333. The Balaban J connectivity index is 2.62. The number of carboxylic acids is 1. The van der Waals surface area contributed by atoms with Gasteiger partial charge in [-0.05, 0) is 12.0 Å². The van der Waals surface area contributed by atoms with Gasteiger partial charge >= 0.3 is 12.0 Å². The first-order valence-electron chi connectivity index (χ1n) is 6.36. The average Bonchev–Trinajstić information content (AvgIpc) is 2.45. The van der Waals surface area contributed by atoms with Gasteiger partial charge in [0, 0.05) is 6.42 Å². The van der Waals surface area contributed by atoms with Gasteiger partial charge in [0.2, 0.25) is 0 Å². The molecule has 0 aliphatic heterocycles. The van der Waals surface area contributed by atoms with Gasteiger partial charge in [-0.3, -0.25) is 0 Å². The Morgan fingerprint density at radius 1 is 1.30 bits per heavy atom. The van der Waals surface area contributed by atoms with Crippen molar-refractivity contribution in [2.24, 2.45) is 0 Å². The van der Waals surface area contributed by atoms with Crippen molar-refractivity contribution in [1.82, 2.24) is 10.6 Å². The molecule has 0 bridgehead atoms. The third-order valence-electron chi connectivity index (χ3n) is 2.80. The topological polar surface area (TPSA) is 78.4 Å². The summed E-state index contributed by atoms with van der Waals surface area (Å²) in [7, 11) is 0. The van der Waals surface area contributed by atoms with E-state index in [0.29, 0.717) is 6.42 Å². The molecule has 0 radical (unpaired) electrons. The lowest BCUT2D eigenvalue weighted by Gasteiger charge is -2.17. The molecule has 5 nitrogen and oxygen atoms in total. The average molecular weight is 274 g/mol. The van der Waals surface area contributed by atoms with Crippen molar-refractivity contribution in [3.63, 3.8) is 0 Å². The fourth-order valence-electron chi connectivity index (χ4n) is 1.67. The van der Waals surface area contributed by atoms with Gasteiger partial charge in [0.05, 0.1) is 6.04 Å². The summed E-state index contributed by atoms with van der Waals surface area (Å²) in [5.41, 5.74) is 0.837. The van der Waals surface area contributed by atoms with E-state index in [2.05, 4.69) is 16.6 Å². The number of hydrogen-bond acceptors (Lipinski definition) is 2. The summed E-state index contributed by atoms with van der Waals surface area (Å²) in [6.07, 6.45) is 6.04. The zero-order valence-corrected chi connectivity index (χ0v) is 11.3. The van der Waals surface area contributed by atoms with E-state index in [-0.39, 0.29) is 6.42 Å². The number of carboxylic acid groups (broad SMARTS) is 1. The molecule has 0 fully saturated rings. The quantitative estimate of drug-likeness (QED) is 0.686. The van der Waals surface area contributed by atoms with Gasteiger partial charge in [-0.1, -0.05) is 43.2 Å². The number of amides is 2. The lowest BCUT2D eigenvalue weighted by Crippen LogP contribution is -2.49. The van der Waals surface area contributed by atoms with Gasteiger partial charge < -0.3 is 15.7 Å². The second-order valence-electron chi connectivity index (χ2n) is 4.33. The molecule has 0 aliphatic rings. The molecule has 3 N–H and O–H groups in total. The molecule has 20 heavy (non-hydrogen) atoms. The Labute approximate surface area is 118 Å². The Bertz CT molecular complexity index is 494. The van der Waals surface area contributed by atoms with E-state index in [1.54, 1.807) is 0 Å². The fourth-order valence-corrected chi connectivity index (χ4v) is 1.67. The van der Waals surface area contributed by atoms with E-state index < -0.39 is 24.1 Å². The van der Waals surface area contributed by atoms with E-state index in [4.69, 9.17) is 11.5 Å². The maximum Gasteiger partial charge on any atom is 0.326 e. The SMILES string of the molecule is C#CC(CC)NC(=O)NC(Cc1ccccc1)C(=O)O. The van der Waals surface area contributed by atoms with E-state index in [0.717, 1.165) is 5.56 Å². The molecule has 2 amide bonds. The van der Waals surface area contributed by atoms with Gasteiger partial charge in [0.25, 0.3) is 0 Å². The number of urea groups is 1. The summed E-state index contributed by atoms with van der Waals surface area (Å²) in [6.45, 7) is 1.84. The molecule has 1 aromatic carbocycles. The molecular weight excluding hydrogens is 256 g/mol. The Morgan fingerprint density at radius 2 is 1.95 bits per heavy atom. The standard InChI is InChI=1S/C15H18N2O3/c1-3-12(4-2)16-15(20)17-13(14(18)19)10-11-8-6-5-7-9-11/h1,5-9,12-13H,4,10H2,2H3,(H,18,19)(H2,16,17,20). The third kappa shape index (κ3) is 5.02. The van der Waals surface area contributed by atoms with Crippen LogP contribution in [0.3, 0.4) is 0 Å². The molecule has 1 aromatic rings. The number of aliphatic carboxylic acids is 1. The highest BCUT2D eigenvalue weighted by atomic mass is 16.4. The highest BCUT2D eigenvalue weighted by Gasteiger charge is 2.21. The number of benzene rings is 1. The van der Waals surface area contributed by atoms with Crippen LogP contribution < -0.4 is 10.6 Å². The number of rotatable bonds is 6. The van der Waals surface area contributed by atoms with Crippen LogP contribution >= 0.6 is 0 Å². The zero-order valence-electron chi connectivity index (χ0n) is 11.3. The van der Waals surface area contributed by atoms with Gasteiger partial charge in [-0.25, -0.2) is 9.59 Å². The van der Waals surface area contributed by atoms with Gasteiger partial charge in [0.15, 0.2) is 0 Å². The van der Waals surface area contributed by atoms with Crippen LogP contribution in [0.5, 0.6) is 0 Å². The van der Waals surface area contributed by atoms with Crippen molar-refractivity contribution in [1.29, 1.82) is 0 Å². The van der Waals surface area contributed by atoms with Crippen molar-refractivity contribution in [3.05, 3.63) is 35.9 Å². The molecule has 106 valence electrons. The summed E-state index contributed by atoms with van der Waals surface area (Å²) in [5, 5.41) is 14.1. The lowest BCUT2D eigenvalue weighted by atomic mass is 10.1. The van der Waals surface area contributed by atoms with Crippen LogP contribution in [0.15, 0.2) is 30.3 Å². The van der Waals surface area contributed by atoms with Crippen LogP contribution in [0.25, 0.3) is 0 Å². The van der Waals surface area contributed by atoms with Crippen LogP contribution in [0.4, 0.5) is 4.79 Å². The molecule has 0 saturated heterocycles. The summed E-state index contributed by atoms with van der Waals surface area (Å²) < 4.78 is 0. The van der Waals surface area contributed by atoms with Crippen molar-refractivity contribution in [2.75, 3.05) is 0 Å². The molecule has 0 heterocycles. The minimum Gasteiger partial charge on any atom is -0.480 e. The lowest BCUT2D eigenvalue weighted by molar-refractivity contribution is -0.139. The molecular formula is C15H18N2O3. The van der Waals surface area contributed by atoms with E-state index in [1.807, 2.05) is 37.3 Å². The molecule has 0 spiro atoms. The van der Waals surface area contributed by atoms with Crippen LogP contribution in [0, 0.1) is 12.3 Å². The maximum atomic E-state index is 11.7. The zero-order chi connectivity index (χ0) is 15.0. The first kappa shape index (κ1) is 15.6. The Morgan fingerprint density at radius 3 is 2.45 bits per heavy atom. The summed E-state index contributed by atoms with van der Waals surface area (Å²) in [6, 6.07) is 7.14. The van der Waals surface area contributed by atoms with Crippen LogP contribution in [0.2, 0.25) is 0 Å². The number of carbonyl (C=O) groups is 2. The van der Waals surface area contributed by atoms with Crippen molar-refractivity contribution in [3.8, 4) is 12.3 Å². The Hall–Kier alpha value is -2.48. The molecule has 0 aromatic heterocycles. The van der Waals surface area contributed by atoms with Gasteiger partial charge in [-0.15, -0.1) is 6.42 Å². The minimum absolute atomic E-state index is 0.219. The Kier molecular flexibility index (Phi) is 6.11. The molecule has 2 atom stereocenters. The van der Waals surface area contributed by atoms with Gasteiger partial charge in [-0.2, -0.15) is 0 Å². The van der Waals surface area contributed by atoms with Crippen molar-refractivity contribution in [2.45, 2.75) is 31.8 Å². The smallest absolute Gasteiger partial charge is 0.326 e. The summed E-state index contributed by atoms with van der Waals surface area (Å²) in [5.74, 6) is 1.33. The van der Waals surface area contributed by atoms with Gasteiger partial charge in [0.1, 0.15) is 6.04 Å². The van der Waals surface area contributed by atoms with E-state index in [1.165, 1.54) is 0 Å². The molecule has 2 unspecified atom stereocenters. The van der Waals surface area contributed by atoms with E-state index in [9.17, 15) is 9.59 Å². The first-order chi connectivity index (χ1) is 9.56. The van der Waals surface area contributed by atoms with Crippen molar-refractivity contribution >= 4 is 12.0 Å². The second-order valence-corrected chi connectivity index (χ2v) is 4.33.